The first kappa shape index (κ1) is 15.3. The van der Waals surface area contributed by atoms with Gasteiger partial charge >= 0.3 is 0 Å². The first-order chi connectivity index (χ1) is 8.63. The van der Waals surface area contributed by atoms with Gasteiger partial charge in [0.1, 0.15) is 0 Å². The Morgan fingerprint density at radius 3 is 2.67 bits per heavy atom. The van der Waals surface area contributed by atoms with E-state index in [2.05, 4.69) is 36.2 Å². The molecule has 1 rings (SSSR count). The molecule has 0 amide bonds. The van der Waals surface area contributed by atoms with Gasteiger partial charge in [0.2, 0.25) is 0 Å². The zero-order valence-corrected chi connectivity index (χ0v) is 12.2. The SMILES string of the molecule is CCN(CCCO)c1ccc(C(C)NC)cc1Cl. The summed E-state index contributed by atoms with van der Waals surface area (Å²) in [5.41, 5.74) is 2.23. The molecule has 0 bridgehead atoms. The minimum absolute atomic E-state index is 0.211. The van der Waals surface area contributed by atoms with Gasteiger partial charge in [0.15, 0.2) is 0 Å². The molecule has 0 heterocycles. The van der Waals surface area contributed by atoms with Gasteiger partial charge in [0, 0.05) is 25.7 Å². The Balaban J connectivity index is 2.89. The van der Waals surface area contributed by atoms with Crippen molar-refractivity contribution in [2.45, 2.75) is 26.3 Å². The Morgan fingerprint density at radius 1 is 1.44 bits per heavy atom. The van der Waals surface area contributed by atoms with Crippen molar-refractivity contribution in [2.24, 2.45) is 0 Å². The van der Waals surface area contributed by atoms with Gasteiger partial charge < -0.3 is 15.3 Å². The van der Waals surface area contributed by atoms with Gasteiger partial charge in [-0.2, -0.15) is 0 Å². The predicted octanol–water partition coefficient (Wildman–Crippen LogP) is 2.83. The normalized spacial score (nSPS) is 12.5. The van der Waals surface area contributed by atoms with Crippen LogP contribution in [0.5, 0.6) is 0 Å². The molecule has 0 aliphatic rings. The molecule has 1 atom stereocenters. The van der Waals surface area contributed by atoms with E-state index in [9.17, 15) is 0 Å². The number of rotatable bonds is 7. The second-order valence-corrected chi connectivity index (χ2v) is 4.79. The van der Waals surface area contributed by atoms with Crippen molar-refractivity contribution in [3.63, 3.8) is 0 Å². The molecule has 4 heteroatoms. The van der Waals surface area contributed by atoms with E-state index in [1.807, 2.05) is 13.1 Å². The van der Waals surface area contributed by atoms with Crippen LogP contribution < -0.4 is 10.2 Å². The van der Waals surface area contributed by atoms with Crippen LogP contribution in [0, 0.1) is 0 Å². The van der Waals surface area contributed by atoms with Crippen molar-refractivity contribution in [3.05, 3.63) is 28.8 Å². The Kier molecular flexibility index (Phi) is 6.47. The first-order valence-corrected chi connectivity index (χ1v) is 6.84. The van der Waals surface area contributed by atoms with Gasteiger partial charge in [0.25, 0.3) is 0 Å². The average Bonchev–Trinajstić information content (AvgIpc) is 2.40. The molecule has 0 aliphatic carbocycles. The van der Waals surface area contributed by atoms with E-state index in [0.29, 0.717) is 6.04 Å². The van der Waals surface area contributed by atoms with Crippen molar-refractivity contribution < 1.29 is 5.11 Å². The lowest BCUT2D eigenvalue weighted by Crippen LogP contribution is -2.25. The summed E-state index contributed by atoms with van der Waals surface area (Å²) in [5, 5.41) is 12.9. The Hall–Kier alpha value is -0.770. The summed E-state index contributed by atoms with van der Waals surface area (Å²) < 4.78 is 0. The fourth-order valence-corrected chi connectivity index (χ4v) is 2.23. The van der Waals surface area contributed by atoms with Crippen LogP contribution in [0.3, 0.4) is 0 Å². The molecule has 0 saturated carbocycles. The maximum Gasteiger partial charge on any atom is 0.0642 e. The van der Waals surface area contributed by atoms with E-state index in [-0.39, 0.29) is 6.61 Å². The van der Waals surface area contributed by atoms with Gasteiger partial charge in [0.05, 0.1) is 10.7 Å². The summed E-state index contributed by atoms with van der Waals surface area (Å²) in [7, 11) is 1.94. The van der Waals surface area contributed by atoms with Crippen LogP contribution in [0.15, 0.2) is 18.2 Å². The number of anilines is 1. The lowest BCUT2D eigenvalue weighted by atomic mass is 10.1. The van der Waals surface area contributed by atoms with Crippen LogP contribution in [0.25, 0.3) is 0 Å². The second kappa shape index (κ2) is 7.62. The lowest BCUT2D eigenvalue weighted by molar-refractivity contribution is 0.289. The van der Waals surface area contributed by atoms with Crippen molar-refractivity contribution in [2.75, 3.05) is 31.6 Å². The number of benzene rings is 1. The minimum Gasteiger partial charge on any atom is -0.396 e. The smallest absolute Gasteiger partial charge is 0.0642 e. The summed E-state index contributed by atoms with van der Waals surface area (Å²) in [6, 6.07) is 6.47. The highest BCUT2D eigenvalue weighted by molar-refractivity contribution is 6.33. The standard InChI is InChI=1S/C14H23ClN2O/c1-4-17(8-5-9-18)14-7-6-12(10-13(14)15)11(2)16-3/h6-7,10-11,16,18H,4-5,8-9H2,1-3H3. The first-order valence-electron chi connectivity index (χ1n) is 6.46. The summed E-state index contributed by atoms with van der Waals surface area (Å²) in [4.78, 5) is 2.19. The number of halogens is 1. The van der Waals surface area contributed by atoms with E-state index in [4.69, 9.17) is 16.7 Å². The molecule has 0 aliphatic heterocycles. The third kappa shape index (κ3) is 3.87. The van der Waals surface area contributed by atoms with Crippen molar-refractivity contribution in [1.82, 2.24) is 5.32 Å². The largest absolute Gasteiger partial charge is 0.396 e. The quantitative estimate of drug-likeness (QED) is 0.800. The predicted molar refractivity (Wildman–Crippen MR) is 78.5 cm³/mol. The summed E-state index contributed by atoms with van der Waals surface area (Å²) >= 11 is 6.35. The maximum atomic E-state index is 8.91. The number of aliphatic hydroxyl groups is 1. The van der Waals surface area contributed by atoms with Crippen LogP contribution >= 0.6 is 11.6 Å². The molecule has 18 heavy (non-hydrogen) atoms. The fourth-order valence-electron chi connectivity index (χ4n) is 1.93. The highest BCUT2D eigenvalue weighted by Gasteiger charge is 2.11. The molecule has 1 unspecified atom stereocenters. The van der Waals surface area contributed by atoms with Gasteiger partial charge in [-0.1, -0.05) is 17.7 Å². The van der Waals surface area contributed by atoms with E-state index in [1.165, 1.54) is 5.56 Å². The molecular formula is C14H23ClN2O. The summed E-state index contributed by atoms with van der Waals surface area (Å²) in [6.45, 7) is 6.13. The topological polar surface area (TPSA) is 35.5 Å². The number of aliphatic hydroxyl groups excluding tert-OH is 1. The Morgan fingerprint density at radius 2 is 2.17 bits per heavy atom. The van der Waals surface area contributed by atoms with Crippen molar-refractivity contribution in [1.29, 1.82) is 0 Å². The van der Waals surface area contributed by atoms with Gasteiger partial charge in [-0.25, -0.2) is 0 Å². The van der Waals surface area contributed by atoms with Crippen molar-refractivity contribution >= 4 is 17.3 Å². The molecule has 2 N–H and O–H groups in total. The van der Waals surface area contributed by atoms with Crippen molar-refractivity contribution in [3.8, 4) is 0 Å². The summed E-state index contributed by atoms with van der Waals surface area (Å²) in [6.07, 6.45) is 0.763. The Labute approximate surface area is 115 Å². The molecule has 1 aromatic rings. The molecule has 0 spiro atoms. The second-order valence-electron chi connectivity index (χ2n) is 4.38. The van der Waals surface area contributed by atoms with Gasteiger partial charge in [-0.15, -0.1) is 0 Å². The Bertz CT molecular complexity index is 371. The molecule has 102 valence electrons. The molecular weight excluding hydrogens is 248 g/mol. The third-order valence-electron chi connectivity index (χ3n) is 3.21. The molecule has 0 fully saturated rings. The van der Waals surface area contributed by atoms with E-state index in [1.54, 1.807) is 0 Å². The molecule has 0 radical (unpaired) electrons. The third-order valence-corrected chi connectivity index (χ3v) is 3.52. The van der Waals surface area contributed by atoms with E-state index >= 15 is 0 Å². The number of nitrogens with zero attached hydrogens (tertiary/aromatic N) is 1. The highest BCUT2D eigenvalue weighted by atomic mass is 35.5. The number of hydrogen-bond donors (Lipinski definition) is 2. The maximum absolute atomic E-state index is 8.91. The van der Waals surface area contributed by atoms with Gasteiger partial charge in [-0.05, 0) is 45.0 Å². The number of nitrogens with one attached hydrogen (secondary N) is 1. The van der Waals surface area contributed by atoms with Crippen LogP contribution in [0.1, 0.15) is 31.9 Å². The number of hydrogen-bond acceptors (Lipinski definition) is 3. The monoisotopic (exact) mass is 270 g/mol. The van der Waals surface area contributed by atoms with Crippen LogP contribution in [-0.4, -0.2) is 31.9 Å². The molecule has 0 aromatic heterocycles. The van der Waals surface area contributed by atoms with Crippen LogP contribution in [-0.2, 0) is 0 Å². The zero-order valence-electron chi connectivity index (χ0n) is 11.4. The van der Waals surface area contributed by atoms with Crippen LogP contribution in [0.4, 0.5) is 5.69 Å². The minimum atomic E-state index is 0.211. The highest BCUT2D eigenvalue weighted by Crippen LogP contribution is 2.29. The van der Waals surface area contributed by atoms with Crippen LogP contribution in [0.2, 0.25) is 5.02 Å². The van der Waals surface area contributed by atoms with E-state index < -0.39 is 0 Å². The fraction of sp³-hybridized carbons (Fsp3) is 0.571. The van der Waals surface area contributed by atoms with E-state index in [0.717, 1.165) is 30.2 Å². The lowest BCUT2D eigenvalue weighted by Gasteiger charge is -2.24. The zero-order chi connectivity index (χ0) is 13.5. The van der Waals surface area contributed by atoms with Gasteiger partial charge in [-0.3, -0.25) is 0 Å². The molecule has 1 aromatic carbocycles. The molecule has 3 nitrogen and oxygen atoms in total. The summed E-state index contributed by atoms with van der Waals surface area (Å²) in [5.74, 6) is 0. The molecule has 0 saturated heterocycles. The average molecular weight is 271 g/mol.